The number of rotatable bonds is 5. The first-order valence-corrected chi connectivity index (χ1v) is 8.80. The molecule has 1 aliphatic carbocycles. The van der Waals surface area contributed by atoms with Crippen molar-refractivity contribution in [3.8, 4) is 0 Å². The Morgan fingerprint density at radius 2 is 2.10 bits per heavy atom. The van der Waals surface area contributed by atoms with Crippen LogP contribution in [0.15, 0.2) is 0 Å². The monoisotopic (exact) mass is 309 g/mol. The number of methoxy groups -OCH3 is 1. The Morgan fingerprint density at radius 1 is 1.33 bits per heavy atom. The molecule has 4 nitrogen and oxygen atoms in total. The third kappa shape index (κ3) is 3.58. The molecule has 0 spiro atoms. The summed E-state index contributed by atoms with van der Waals surface area (Å²) >= 11 is 1.86. The molecule has 1 aromatic heterocycles. The highest BCUT2D eigenvalue weighted by Crippen LogP contribution is 2.35. The molecule has 0 bridgehead atoms. The van der Waals surface area contributed by atoms with Gasteiger partial charge >= 0.3 is 0 Å². The van der Waals surface area contributed by atoms with Crippen LogP contribution in [0.4, 0.5) is 5.13 Å². The second-order valence-corrected chi connectivity index (χ2v) is 8.33. The number of nitrogens with one attached hydrogen (secondary N) is 1. The van der Waals surface area contributed by atoms with Crippen molar-refractivity contribution in [1.29, 1.82) is 0 Å². The van der Waals surface area contributed by atoms with Crippen molar-refractivity contribution in [2.45, 2.75) is 64.1 Å². The molecule has 2 fully saturated rings. The van der Waals surface area contributed by atoms with Crippen LogP contribution >= 0.6 is 11.3 Å². The summed E-state index contributed by atoms with van der Waals surface area (Å²) in [4.78, 5) is 8.77. The molecular weight excluding hydrogens is 282 g/mol. The molecule has 21 heavy (non-hydrogen) atoms. The van der Waals surface area contributed by atoms with Crippen molar-refractivity contribution in [3.05, 3.63) is 10.6 Å². The lowest BCUT2D eigenvalue weighted by Gasteiger charge is -2.18. The van der Waals surface area contributed by atoms with E-state index < -0.39 is 0 Å². The maximum Gasteiger partial charge on any atom is 0.185 e. The Hall–Kier alpha value is -0.650. The molecule has 1 saturated carbocycles. The lowest BCUT2D eigenvalue weighted by atomic mass is 9.91. The highest BCUT2D eigenvalue weighted by atomic mass is 32.1. The number of thiazole rings is 1. The van der Waals surface area contributed by atoms with Gasteiger partial charge in [0.15, 0.2) is 5.13 Å². The SMILES string of the molecule is COC1CCN(c2nc(C(C)(C)C)c(CNC3CC3)s2)C1. The molecule has 0 aromatic carbocycles. The fourth-order valence-electron chi connectivity index (χ4n) is 2.80. The van der Waals surface area contributed by atoms with Gasteiger partial charge in [0.05, 0.1) is 11.8 Å². The quantitative estimate of drug-likeness (QED) is 0.907. The van der Waals surface area contributed by atoms with Gasteiger partial charge in [-0.1, -0.05) is 20.8 Å². The summed E-state index contributed by atoms with van der Waals surface area (Å²) in [6.07, 6.45) is 4.13. The normalized spacial score (nSPS) is 23.0. The van der Waals surface area contributed by atoms with Crippen molar-refractivity contribution in [2.24, 2.45) is 0 Å². The highest BCUT2D eigenvalue weighted by Gasteiger charge is 2.29. The maximum atomic E-state index is 5.48. The van der Waals surface area contributed by atoms with E-state index >= 15 is 0 Å². The largest absolute Gasteiger partial charge is 0.380 e. The van der Waals surface area contributed by atoms with Crippen molar-refractivity contribution in [3.63, 3.8) is 0 Å². The summed E-state index contributed by atoms with van der Waals surface area (Å²) in [5.41, 5.74) is 1.37. The van der Waals surface area contributed by atoms with E-state index in [-0.39, 0.29) is 5.41 Å². The van der Waals surface area contributed by atoms with Crippen LogP contribution in [0.2, 0.25) is 0 Å². The number of hydrogen-bond acceptors (Lipinski definition) is 5. The Morgan fingerprint density at radius 3 is 2.67 bits per heavy atom. The van der Waals surface area contributed by atoms with Crippen LogP contribution in [0, 0.1) is 0 Å². The van der Waals surface area contributed by atoms with Gasteiger partial charge in [0.25, 0.3) is 0 Å². The van der Waals surface area contributed by atoms with Crippen LogP contribution in [-0.2, 0) is 16.7 Å². The molecule has 1 aliphatic heterocycles. The number of aromatic nitrogens is 1. The minimum Gasteiger partial charge on any atom is -0.380 e. The number of anilines is 1. The Bertz CT molecular complexity index is 490. The molecule has 118 valence electrons. The zero-order valence-corrected chi connectivity index (χ0v) is 14.4. The summed E-state index contributed by atoms with van der Waals surface area (Å²) in [6, 6.07) is 0.744. The number of ether oxygens (including phenoxy) is 1. The zero-order chi connectivity index (χ0) is 15.0. The topological polar surface area (TPSA) is 37.4 Å². The van der Waals surface area contributed by atoms with Crippen molar-refractivity contribution in [2.75, 3.05) is 25.1 Å². The first-order valence-electron chi connectivity index (χ1n) is 7.98. The van der Waals surface area contributed by atoms with E-state index in [1.807, 2.05) is 18.4 Å². The average Bonchev–Trinajstić information content (AvgIpc) is 2.97. The van der Waals surface area contributed by atoms with Crippen LogP contribution in [0.5, 0.6) is 0 Å². The summed E-state index contributed by atoms with van der Waals surface area (Å²) in [5, 5.41) is 4.81. The molecule has 1 saturated heterocycles. The summed E-state index contributed by atoms with van der Waals surface area (Å²) < 4.78 is 5.48. The van der Waals surface area contributed by atoms with Crippen LogP contribution < -0.4 is 10.2 Å². The minimum absolute atomic E-state index is 0.107. The van der Waals surface area contributed by atoms with Gasteiger partial charge in [0.2, 0.25) is 0 Å². The summed E-state index contributed by atoms with van der Waals surface area (Å²) in [5.74, 6) is 0. The van der Waals surface area contributed by atoms with Gasteiger partial charge in [-0.25, -0.2) is 4.98 Å². The Labute approximate surface area is 131 Å². The number of nitrogens with zero attached hydrogens (tertiary/aromatic N) is 2. The molecule has 2 heterocycles. The van der Waals surface area contributed by atoms with Gasteiger partial charge < -0.3 is 15.0 Å². The van der Waals surface area contributed by atoms with Crippen LogP contribution in [0.25, 0.3) is 0 Å². The third-order valence-corrected chi connectivity index (χ3v) is 5.39. The van der Waals surface area contributed by atoms with E-state index in [1.165, 1.54) is 28.5 Å². The molecular formula is C16H27N3OS. The van der Waals surface area contributed by atoms with Gasteiger partial charge in [-0.15, -0.1) is 11.3 Å². The first kappa shape index (κ1) is 15.3. The molecule has 1 N–H and O–H groups in total. The van der Waals surface area contributed by atoms with E-state index in [9.17, 15) is 0 Å². The molecule has 2 aliphatic rings. The molecule has 0 amide bonds. The Kier molecular flexibility index (Phi) is 4.26. The molecule has 1 aromatic rings. The smallest absolute Gasteiger partial charge is 0.185 e. The van der Waals surface area contributed by atoms with Crippen molar-refractivity contribution in [1.82, 2.24) is 10.3 Å². The van der Waals surface area contributed by atoms with Gasteiger partial charge in [-0.3, -0.25) is 0 Å². The molecule has 3 rings (SSSR count). The van der Waals surface area contributed by atoms with E-state index in [4.69, 9.17) is 9.72 Å². The summed E-state index contributed by atoms with van der Waals surface area (Å²) in [7, 11) is 1.81. The average molecular weight is 309 g/mol. The van der Waals surface area contributed by atoms with Crippen molar-refractivity contribution < 1.29 is 4.74 Å². The first-order chi connectivity index (χ1) is 9.97. The standard InChI is InChI=1S/C16H27N3OS/c1-16(2,3)14-13(9-17-11-5-6-11)21-15(18-14)19-8-7-12(10-19)20-4/h11-12,17H,5-10H2,1-4H3. The Balaban J connectivity index is 1.77. The third-order valence-electron chi connectivity index (χ3n) is 4.27. The van der Waals surface area contributed by atoms with E-state index in [0.29, 0.717) is 6.10 Å². The van der Waals surface area contributed by atoms with Crippen LogP contribution in [0.1, 0.15) is 50.6 Å². The lowest BCUT2D eigenvalue weighted by molar-refractivity contribution is 0.121. The number of hydrogen-bond donors (Lipinski definition) is 1. The van der Waals surface area contributed by atoms with E-state index in [1.54, 1.807) is 0 Å². The summed E-state index contributed by atoms with van der Waals surface area (Å²) in [6.45, 7) is 9.78. The highest BCUT2D eigenvalue weighted by molar-refractivity contribution is 7.15. The van der Waals surface area contributed by atoms with Crippen LogP contribution in [0.3, 0.4) is 0 Å². The van der Waals surface area contributed by atoms with Gasteiger partial charge in [0, 0.05) is 43.1 Å². The van der Waals surface area contributed by atoms with Crippen molar-refractivity contribution >= 4 is 16.5 Å². The maximum absolute atomic E-state index is 5.48. The molecule has 0 radical (unpaired) electrons. The second kappa shape index (κ2) is 5.86. The predicted octanol–water partition coefficient (Wildman–Crippen LogP) is 2.92. The molecule has 1 unspecified atom stereocenters. The predicted molar refractivity (Wildman–Crippen MR) is 88.3 cm³/mol. The molecule has 5 heteroatoms. The van der Waals surface area contributed by atoms with Gasteiger partial charge in [0.1, 0.15) is 0 Å². The molecule has 1 atom stereocenters. The van der Waals surface area contributed by atoms with Gasteiger partial charge in [-0.05, 0) is 19.3 Å². The van der Waals surface area contributed by atoms with E-state index in [2.05, 4.69) is 31.0 Å². The van der Waals surface area contributed by atoms with Crippen LogP contribution in [-0.4, -0.2) is 37.3 Å². The van der Waals surface area contributed by atoms with E-state index in [0.717, 1.165) is 32.1 Å². The lowest BCUT2D eigenvalue weighted by Crippen LogP contribution is -2.22. The zero-order valence-electron chi connectivity index (χ0n) is 13.6. The second-order valence-electron chi connectivity index (χ2n) is 7.27. The fraction of sp³-hybridized carbons (Fsp3) is 0.812. The fourth-order valence-corrected chi connectivity index (χ4v) is 4.06. The minimum atomic E-state index is 0.107. The van der Waals surface area contributed by atoms with Gasteiger partial charge in [-0.2, -0.15) is 0 Å².